The molecule has 1 aliphatic carbocycles. The standard InChI is InChI=1S/C52H65N11O9/c1-30-45(31(2)59-47(58-30)35-12-15-38(16-13-35)72-37-9-7-6-8-10-37)50(67)61-41(19-23-56-33(4)64)52(69)63(5)46-36-14-18-44(71-26-22-55)40(29-36)39-27-34(11-17-43(39)70-25-21-54)28-42(49(66)57-24-20-53)62-48(65)32(3)60-51(46)68/h11-18,27,29,32,37,41-42,46H,6-10,19,21-26,28,54-55H2,1-5H3,(H,56,64)(H,57,66)(H,60,68)(H,61,67)(H,62,65)/t32-,41-,42-,46-/m0/s1. The summed E-state index contributed by atoms with van der Waals surface area (Å²) >= 11 is 0. The van der Waals surface area contributed by atoms with Crippen molar-refractivity contribution in [2.45, 2.75) is 103 Å². The van der Waals surface area contributed by atoms with Gasteiger partial charge in [0, 0.05) is 56.7 Å². The number of likely N-dealkylation sites (N-methyl/N-ethyl adjacent to an activating group) is 1. The highest BCUT2D eigenvalue weighted by Gasteiger charge is 2.37. The second-order valence-electron chi connectivity index (χ2n) is 17.9. The number of benzene rings is 3. The molecule has 4 bridgehead atoms. The smallest absolute Gasteiger partial charge is 0.255 e. The fourth-order valence-electron chi connectivity index (χ4n) is 8.82. The van der Waals surface area contributed by atoms with Gasteiger partial charge in [-0.15, -0.1) is 0 Å². The minimum absolute atomic E-state index is 0.0166. The molecule has 382 valence electrons. The van der Waals surface area contributed by atoms with Crippen LogP contribution in [0.3, 0.4) is 0 Å². The lowest BCUT2D eigenvalue weighted by Gasteiger charge is -2.33. The average Bonchev–Trinajstić information content (AvgIpc) is 3.36. The lowest BCUT2D eigenvalue weighted by molar-refractivity contribution is -0.141. The predicted molar refractivity (Wildman–Crippen MR) is 267 cm³/mol. The maximum atomic E-state index is 15.0. The van der Waals surface area contributed by atoms with E-state index >= 15 is 0 Å². The van der Waals surface area contributed by atoms with Crippen LogP contribution in [0.2, 0.25) is 0 Å². The molecule has 0 saturated heterocycles. The Balaban J connectivity index is 1.37. The van der Waals surface area contributed by atoms with Gasteiger partial charge in [-0.25, -0.2) is 9.97 Å². The van der Waals surface area contributed by atoms with E-state index in [1.807, 2.05) is 30.3 Å². The van der Waals surface area contributed by atoms with Crippen LogP contribution >= 0.6 is 0 Å². The maximum absolute atomic E-state index is 15.0. The molecule has 4 aromatic rings. The molecule has 6 rings (SSSR count). The van der Waals surface area contributed by atoms with Gasteiger partial charge in [0.15, 0.2) is 5.82 Å². The van der Waals surface area contributed by atoms with Crippen molar-refractivity contribution in [3.63, 3.8) is 0 Å². The van der Waals surface area contributed by atoms with Gasteiger partial charge in [-0.2, -0.15) is 5.26 Å². The number of aromatic nitrogens is 2. The van der Waals surface area contributed by atoms with Crippen LogP contribution in [0.25, 0.3) is 22.5 Å². The highest BCUT2D eigenvalue weighted by atomic mass is 16.5. The second-order valence-corrected chi connectivity index (χ2v) is 17.9. The van der Waals surface area contributed by atoms with Crippen molar-refractivity contribution in [2.24, 2.45) is 11.5 Å². The zero-order valence-electron chi connectivity index (χ0n) is 41.5. The number of hydrogen-bond acceptors (Lipinski definition) is 14. The number of amides is 6. The van der Waals surface area contributed by atoms with Gasteiger partial charge in [0.25, 0.3) is 5.91 Å². The van der Waals surface area contributed by atoms with E-state index in [0.29, 0.717) is 45.4 Å². The molecule has 72 heavy (non-hydrogen) atoms. The molecule has 20 heteroatoms. The summed E-state index contributed by atoms with van der Waals surface area (Å²) < 4.78 is 18.4. The summed E-state index contributed by atoms with van der Waals surface area (Å²) in [6.07, 6.45) is 5.66. The topological polar surface area (TPSA) is 295 Å². The van der Waals surface area contributed by atoms with Gasteiger partial charge in [0.1, 0.15) is 61.2 Å². The quantitative estimate of drug-likeness (QED) is 0.0706. The van der Waals surface area contributed by atoms with E-state index in [2.05, 4.69) is 36.6 Å². The molecule has 9 N–H and O–H groups in total. The summed E-state index contributed by atoms with van der Waals surface area (Å²) in [5, 5.41) is 22.6. The van der Waals surface area contributed by atoms with Crippen LogP contribution in [0.5, 0.6) is 17.2 Å². The third kappa shape index (κ3) is 13.8. The van der Waals surface area contributed by atoms with Gasteiger partial charge in [0.05, 0.1) is 29.1 Å². The molecule has 1 fully saturated rings. The number of nitrogens with one attached hydrogen (secondary N) is 5. The van der Waals surface area contributed by atoms with E-state index in [0.717, 1.165) is 41.9 Å². The van der Waals surface area contributed by atoms with Gasteiger partial charge >= 0.3 is 0 Å². The molecule has 0 radical (unpaired) electrons. The normalized spacial score (nSPS) is 17.4. The Hall–Kier alpha value is -7.63. The first-order chi connectivity index (χ1) is 34.6. The van der Waals surface area contributed by atoms with E-state index in [1.165, 1.54) is 27.3 Å². The molecule has 2 heterocycles. The molecule has 20 nitrogen and oxygen atoms in total. The number of nitrogens with zero attached hydrogens (tertiary/aromatic N) is 4. The predicted octanol–water partition coefficient (Wildman–Crippen LogP) is 2.82. The minimum Gasteiger partial charge on any atom is -0.492 e. The highest BCUT2D eigenvalue weighted by molar-refractivity contribution is 6.00. The molecule has 6 amide bonds. The molecule has 1 saturated carbocycles. The van der Waals surface area contributed by atoms with Gasteiger partial charge in [0.2, 0.25) is 29.5 Å². The Morgan fingerprint density at radius 1 is 0.861 bits per heavy atom. The Labute approximate surface area is 419 Å². The van der Waals surface area contributed by atoms with Gasteiger partial charge < -0.3 is 57.2 Å². The third-order valence-electron chi connectivity index (χ3n) is 12.4. The number of aryl methyl sites for hydroxylation is 2. The Morgan fingerprint density at radius 2 is 1.50 bits per heavy atom. The number of nitriles is 1. The summed E-state index contributed by atoms with van der Waals surface area (Å²) in [7, 11) is 1.39. The van der Waals surface area contributed by atoms with Crippen molar-refractivity contribution < 1.29 is 43.0 Å². The SMILES string of the molecule is CC(=O)NCC[C@H](NC(=O)c1c(C)nc(-c2ccc(OC3CCCCC3)cc2)nc1C)C(=O)N(C)[C@@H]1C(=O)N[C@@H](C)C(=O)N[C@H](C(=O)NCC#N)Cc2ccc(OCCN)c(c2)-c2cc1ccc2OCCN. The maximum Gasteiger partial charge on any atom is 0.255 e. The van der Waals surface area contributed by atoms with Crippen LogP contribution in [-0.2, 0) is 30.4 Å². The van der Waals surface area contributed by atoms with E-state index in [4.69, 9.17) is 25.7 Å². The lowest BCUT2D eigenvalue weighted by atomic mass is 9.93. The molecular weight excluding hydrogens is 923 g/mol. The Morgan fingerprint density at radius 3 is 2.12 bits per heavy atom. The number of fused-ring (bicyclic) bond motifs is 5. The van der Waals surface area contributed by atoms with Gasteiger partial charge in [-0.05, 0) is 113 Å². The molecule has 3 aromatic carbocycles. The van der Waals surface area contributed by atoms with E-state index in [9.17, 15) is 34.0 Å². The molecular formula is C52H65N11O9. The van der Waals surface area contributed by atoms with Gasteiger partial charge in [-0.3, -0.25) is 28.8 Å². The fraction of sp³-hybridized carbons (Fsp3) is 0.442. The first kappa shape index (κ1) is 53.7. The highest BCUT2D eigenvalue weighted by Crippen LogP contribution is 2.40. The Kier molecular flexibility index (Phi) is 19.0. The van der Waals surface area contributed by atoms with Crippen molar-refractivity contribution in [3.8, 4) is 45.8 Å². The number of rotatable bonds is 18. The molecule has 2 aliphatic rings. The zero-order valence-corrected chi connectivity index (χ0v) is 41.5. The van der Waals surface area contributed by atoms with E-state index in [-0.39, 0.29) is 75.4 Å². The first-order valence-electron chi connectivity index (χ1n) is 24.2. The summed E-state index contributed by atoms with van der Waals surface area (Å²) in [6.45, 7) is 6.35. The van der Waals surface area contributed by atoms with E-state index < -0.39 is 53.7 Å². The number of hydrogen-bond donors (Lipinski definition) is 7. The largest absolute Gasteiger partial charge is 0.492 e. The van der Waals surface area contributed by atoms with Crippen molar-refractivity contribution in [3.05, 3.63) is 88.7 Å². The van der Waals surface area contributed by atoms with E-state index in [1.54, 1.807) is 50.2 Å². The number of ether oxygens (including phenoxy) is 3. The molecule has 1 aromatic heterocycles. The summed E-state index contributed by atoms with van der Waals surface area (Å²) in [5.74, 6) is -2.01. The molecule has 0 spiro atoms. The van der Waals surface area contributed by atoms with Crippen LogP contribution < -0.4 is 52.3 Å². The lowest BCUT2D eigenvalue weighted by Crippen LogP contribution is -2.56. The van der Waals surface area contributed by atoms with Crippen LogP contribution in [0, 0.1) is 25.2 Å². The fourth-order valence-corrected chi connectivity index (χ4v) is 8.82. The van der Waals surface area contributed by atoms with Gasteiger partial charge in [-0.1, -0.05) is 18.6 Å². The molecule has 1 aliphatic heterocycles. The van der Waals surface area contributed by atoms with Crippen molar-refractivity contribution in [2.75, 3.05) is 46.4 Å². The van der Waals surface area contributed by atoms with Crippen LogP contribution in [-0.4, -0.2) is 121 Å². The average molecular weight is 988 g/mol. The van der Waals surface area contributed by atoms with Crippen LogP contribution in [0.1, 0.15) is 91.3 Å². The molecule has 4 atom stereocenters. The van der Waals surface area contributed by atoms with Crippen molar-refractivity contribution in [1.82, 2.24) is 41.5 Å². The first-order valence-corrected chi connectivity index (χ1v) is 24.2. The zero-order chi connectivity index (χ0) is 51.9. The summed E-state index contributed by atoms with van der Waals surface area (Å²) in [5.41, 5.74) is 15.0. The number of carbonyl (C=O) groups excluding carboxylic acids is 6. The second kappa shape index (κ2) is 25.5. The third-order valence-corrected chi connectivity index (χ3v) is 12.4. The monoisotopic (exact) mass is 987 g/mol. The number of carbonyl (C=O) groups is 6. The van der Waals surface area contributed by atoms with Crippen molar-refractivity contribution in [1.29, 1.82) is 5.26 Å². The summed E-state index contributed by atoms with van der Waals surface area (Å²) in [4.78, 5) is 93.9. The van der Waals surface area contributed by atoms with Crippen LogP contribution in [0.4, 0.5) is 0 Å². The summed E-state index contributed by atoms with van der Waals surface area (Å²) in [6, 6.07) is 14.2. The van der Waals surface area contributed by atoms with Crippen LogP contribution in [0.15, 0.2) is 60.7 Å². The van der Waals surface area contributed by atoms with Crippen molar-refractivity contribution >= 4 is 35.4 Å². The minimum atomic E-state index is -1.46. The number of nitrogens with two attached hydrogens (primary N) is 2. The Bertz CT molecular complexity index is 2630. The molecule has 0 unspecified atom stereocenters.